The molecule has 2 aromatic carbocycles. The van der Waals surface area contributed by atoms with Crippen LogP contribution in [0.5, 0.6) is 0 Å². The third-order valence-electron chi connectivity index (χ3n) is 6.14. The van der Waals surface area contributed by atoms with Crippen LogP contribution in [0.4, 0.5) is 4.79 Å². The molecule has 8 heteroatoms. The van der Waals surface area contributed by atoms with Crippen molar-refractivity contribution in [2.75, 3.05) is 0 Å². The van der Waals surface area contributed by atoms with Gasteiger partial charge >= 0.3 is 19.2 Å². The quantitative estimate of drug-likeness (QED) is 0.472. The first-order valence-corrected chi connectivity index (χ1v) is 11.9. The summed E-state index contributed by atoms with van der Waals surface area (Å²) in [4.78, 5) is 25.3. The fraction of sp³-hybridized carbons (Fsp3) is 0.481. The SMILES string of the molecule is CC(C)(C)OC(=O)N[C@@H](Cc1ccc(B2OC(C)(C)C(C)(C)O2)cc1)C(=O)OCc1ccccc1. The molecule has 2 aromatic rings. The van der Waals surface area contributed by atoms with Crippen molar-refractivity contribution in [1.29, 1.82) is 0 Å². The normalized spacial score (nSPS) is 17.5. The van der Waals surface area contributed by atoms with Crippen LogP contribution in [0.25, 0.3) is 0 Å². The fourth-order valence-electron chi connectivity index (χ4n) is 3.50. The average molecular weight is 481 g/mol. The molecule has 0 unspecified atom stereocenters. The highest BCUT2D eigenvalue weighted by molar-refractivity contribution is 6.62. The number of hydrogen-bond donors (Lipinski definition) is 1. The van der Waals surface area contributed by atoms with E-state index in [2.05, 4.69) is 5.32 Å². The number of alkyl carbamates (subject to hydrolysis) is 1. The summed E-state index contributed by atoms with van der Waals surface area (Å²) in [5.41, 5.74) is 1.05. The van der Waals surface area contributed by atoms with Gasteiger partial charge in [0.05, 0.1) is 11.2 Å². The summed E-state index contributed by atoms with van der Waals surface area (Å²) in [6.07, 6.45) is -0.427. The van der Waals surface area contributed by atoms with Crippen molar-refractivity contribution in [1.82, 2.24) is 5.32 Å². The van der Waals surface area contributed by atoms with E-state index >= 15 is 0 Å². The maximum atomic E-state index is 12.9. The second-order valence-electron chi connectivity index (χ2n) is 10.8. The van der Waals surface area contributed by atoms with Gasteiger partial charge in [0.2, 0.25) is 0 Å². The van der Waals surface area contributed by atoms with E-state index < -0.39 is 42.0 Å². The van der Waals surface area contributed by atoms with Crippen LogP contribution in [0, 0.1) is 0 Å². The fourth-order valence-corrected chi connectivity index (χ4v) is 3.50. The Balaban J connectivity index is 1.70. The van der Waals surface area contributed by atoms with E-state index in [-0.39, 0.29) is 13.0 Å². The van der Waals surface area contributed by atoms with E-state index in [1.807, 2.05) is 82.3 Å². The minimum absolute atomic E-state index is 0.118. The lowest BCUT2D eigenvalue weighted by molar-refractivity contribution is -0.147. The molecule has 3 rings (SSSR count). The number of nitrogens with one attached hydrogen (secondary N) is 1. The van der Waals surface area contributed by atoms with Gasteiger partial charge in [-0.05, 0) is 65.1 Å². The van der Waals surface area contributed by atoms with Crippen molar-refractivity contribution in [3.63, 3.8) is 0 Å². The van der Waals surface area contributed by atoms with Crippen LogP contribution in [0.15, 0.2) is 54.6 Å². The van der Waals surface area contributed by atoms with E-state index in [9.17, 15) is 9.59 Å². The van der Waals surface area contributed by atoms with E-state index in [0.29, 0.717) is 0 Å². The molecule has 35 heavy (non-hydrogen) atoms. The third-order valence-corrected chi connectivity index (χ3v) is 6.14. The first-order valence-electron chi connectivity index (χ1n) is 11.9. The second-order valence-corrected chi connectivity index (χ2v) is 10.8. The summed E-state index contributed by atoms with van der Waals surface area (Å²) in [7, 11) is -0.472. The summed E-state index contributed by atoms with van der Waals surface area (Å²) in [5, 5.41) is 2.66. The van der Waals surface area contributed by atoms with E-state index in [1.54, 1.807) is 20.8 Å². The summed E-state index contributed by atoms with van der Waals surface area (Å²) in [5.74, 6) is -0.533. The van der Waals surface area contributed by atoms with Crippen molar-refractivity contribution < 1.29 is 28.4 Å². The molecule has 0 radical (unpaired) electrons. The molecule has 1 fully saturated rings. The lowest BCUT2D eigenvalue weighted by Crippen LogP contribution is -2.45. The van der Waals surface area contributed by atoms with Crippen LogP contribution in [0.3, 0.4) is 0 Å². The van der Waals surface area contributed by atoms with Crippen molar-refractivity contribution in [3.05, 3.63) is 65.7 Å². The van der Waals surface area contributed by atoms with Crippen LogP contribution in [-0.4, -0.2) is 42.0 Å². The van der Waals surface area contributed by atoms with Crippen molar-refractivity contribution in [2.45, 2.75) is 84.3 Å². The van der Waals surface area contributed by atoms with Crippen LogP contribution in [-0.2, 0) is 36.6 Å². The number of amides is 1. The summed E-state index contributed by atoms with van der Waals surface area (Å²) in [6.45, 7) is 13.5. The molecule has 1 aliphatic heterocycles. The number of hydrogen-bond acceptors (Lipinski definition) is 6. The molecule has 0 aromatic heterocycles. The molecule has 188 valence electrons. The predicted molar refractivity (Wildman–Crippen MR) is 135 cm³/mol. The number of esters is 1. The molecular weight excluding hydrogens is 445 g/mol. The smallest absolute Gasteiger partial charge is 0.459 e. The van der Waals surface area contributed by atoms with Crippen molar-refractivity contribution in [2.24, 2.45) is 0 Å². The zero-order valence-corrected chi connectivity index (χ0v) is 21.7. The Bertz CT molecular complexity index is 998. The molecule has 0 bridgehead atoms. The topological polar surface area (TPSA) is 83.1 Å². The maximum Gasteiger partial charge on any atom is 0.494 e. The van der Waals surface area contributed by atoms with Gasteiger partial charge in [-0.15, -0.1) is 0 Å². The molecule has 7 nitrogen and oxygen atoms in total. The van der Waals surface area contributed by atoms with Crippen LogP contribution >= 0.6 is 0 Å². The first kappa shape index (κ1) is 26.8. The number of carbonyl (C=O) groups is 2. The van der Waals surface area contributed by atoms with E-state index in [0.717, 1.165) is 16.6 Å². The molecule has 1 heterocycles. The molecule has 1 aliphatic rings. The number of rotatable bonds is 7. The maximum absolute atomic E-state index is 12.9. The van der Waals surface area contributed by atoms with Gasteiger partial charge in [0.1, 0.15) is 18.2 Å². The Morgan fingerprint density at radius 2 is 1.49 bits per heavy atom. The molecule has 0 spiro atoms. The van der Waals surface area contributed by atoms with Crippen molar-refractivity contribution in [3.8, 4) is 0 Å². The highest BCUT2D eigenvalue weighted by Gasteiger charge is 2.51. The summed E-state index contributed by atoms with van der Waals surface area (Å²) < 4.78 is 23.1. The van der Waals surface area contributed by atoms with Gasteiger partial charge in [0.15, 0.2) is 0 Å². The monoisotopic (exact) mass is 481 g/mol. The standard InChI is InChI=1S/C27H36BNO6/c1-25(2,3)33-24(31)29-22(23(30)32-18-20-11-9-8-10-12-20)17-19-13-15-21(16-14-19)28-34-26(4,5)27(6,7)35-28/h8-16,22H,17-18H2,1-7H3,(H,29,31)/t22-/m0/s1. The molecule has 0 aliphatic carbocycles. The van der Waals surface area contributed by atoms with E-state index in [1.165, 1.54) is 0 Å². The Hall–Kier alpha value is -2.84. The highest BCUT2D eigenvalue weighted by atomic mass is 16.7. The molecule has 1 atom stereocenters. The third kappa shape index (κ3) is 7.32. The van der Waals surface area contributed by atoms with Crippen LogP contribution in [0.2, 0.25) is 0 Å². The number of benzene rings is 2. The summed E-state index contributed by atoms with van der Waals surface area (Å²) in [6, 6.07) is 16.1. The lowest BCUT2D eigenvalue weighted by Gasteiger charge is -2.32. The van der Waals surface area contributed by atoms with Crippen LogP contribution < -0.4 is 10.8 Å². The second kappa shape index (κ2) is 10.4. The molecule has 1 amide bonds. The zero-order valence-electron chi connectivity index (χ0n) is 21.7. The van der Waals surface area contributed by atoms with Crippen LogP contribution in [0.1, 0.15) is 59.6 Å². The minimum atomic E-state index is -0.906. The zero-order chi connectivity index (χ0) is 25.9. The largest absolute Gasteiger partial charge is 0.494 e. The van der Waals surface area contributed by atoms with Gasteiger partial charge in [-0.1, -0.05) is 54.6 Å². The molecule has 1 saturated heterocycles. The molecule has 1 N–H and O–H groups in total. The minimum Gasteiger partial charge on any atom is -0.459 e. The van der Waals surface area contributed by atoms with E-state index in [4.69, 9.17) is 18.8 Å². The summed E-state index contributed by atoms with van der Waals surface area (Å²) >= 11 is 0. The van der Waals surface area contributed by atoms with Gasteiger partial charge in [-0.2, -0.15) is 0 Å². The first-order chi connectivity index (χ1) is 16.3. The van der Waals surface area contributed by atoms with Gasteiger partial charge in [0.25, 0.3) is 0 Å². The van der Waals surface area contributed by atoms with Gasteiger partial charge in [0, 0.05) is 6.42 Å². The van der Waals surface area contributed by atoms with Crippen molar-refractivity contribution >= 4 is 24.6 Å². The number of ether oxygens (including phenoxy) is 2. The molecule has 0 saturated carbocycles. The Morgan fingerprint density at radius 1 is 0.914 bits per heavy atom. The highest BCUT2D eigenvalue weighted by Crippen LogP contribution is 2.36. The molecular formula is C27H36BNO6. The lowest BCUT2D eigenvalue weighted by atomic mass is 9.78. The van der Waals surface area contributed by atoms with Gasteiger partial charge in [-0.25, -0.2) is 9.59 Å². The Labute approximate surface area is 208 Å². The predicted octanol–water partition coefficient (Wildman–Crippen LogP) is 4.17. The van der Waals surface area contributed by atoms with Gasteiger partial charge in [-0.3, -0.25) is 0 Å². The number of carbonyl (C=O) groups excluding carboxylic acids is 2. The Kier molecular flexibility index (Phi) is 7.97. The van der Waals surface area contributed by atoms with Gasteiger partial charge < -0.3 is 24.1 Å². The Morgan fingerprint density at radius 3 is 2.03 bits per heavy atom. The average Bonchev–Trinajstić information content (AvgIpc) is 2.98.